The van der Waals surface area contributed by atoms with Crippen LogP contribution in [0.3, 0.4) is 0 Å². The Bertz CT molecular complexity index is 432. The van der Waals surface area contributed by atoms with Gasteiger partial charge in [-0.25, -0.2) is 0 Å². The van der Waals surface area contributed by atoms with Crippen molar-refractivity contribution in [1.29, 1.82) is 0 Å². The van der Waals surface area contributed by atoms with E-state index in [1.807, 2.05) is 0 Å². The van der Waals surface area contributed by atoms with Crippen molar-refractivity contribution in [3.8, 4) is 0 Å². The molecule has 0 aliphatic carbocycles. The Balaban J connectivity index is 2.91. The molecule has 0 saturated carbocycles. The maximum absolute atomic E-state index is 12.8. The Kier molecular flexibility index (Phi) is 5.35. The highest BCUT2D eigenvalue weighted by atomic mass is 19.4. The number of aliphatic hydroxyl groups excluding tert-OH is 1. The maximum Gasteiger partial charge on any atom is 0.416 e. The maximum atomic E-state index is 12.8. The summed E-state index contributed by atoms with van der Waals surface area (Å²) in [4.78, 5) is 13.2. The third-order valence-corrected chi connectivity index (χ3v) is 2.77. The summed E-state index contributed by atoms with van der Waals surface area (Å²) in [6, 6.07) is 5.03. The number of alkyl halides is 3. The SMILES string of the molecule is CCN(CCO)C(=O)Cc1ccccc1C(F)(F)F. The first-order valence-corrected chi connectivity index (χ1v) is 5.93. The number of amides is 1. The Morgan fingerprint density at radius 1 is 1.32 bits per heavy atom. The number of benzene rings is 1. The van der Waals surface area contributed by atoms with Gasteiger partial charge in [-0.3, -0.25) is 4.79 Å². The molecule has 0 radical (unpaired) electrons. The fourth-order valence-corrected chi connectivity index (χ4v) is 1.81. The lowest BCUT2D eigenvalue weighted by molar-refractivity contribution is -0.138. The summed E-state index contributed by atoms with van der Waals surface area (Å²) in [5.41, 5.74) is -0.834. The van der Waals surface area contributed by atoms with Gasteiger partial charge >= 0.3 is 6.18 Å². The first-order valence-electron chi connectivity index (χ1n) is 5.93. The molecular weight excluding hydrogens is 259 g/mol. The fourth-order valence-electron chi connectivity index (χ4n) is 1.81. The number of nitrogens with zero attached hydrogens (tertiary/aromatic N) is 1. The van der Waals surface area contributed by atoms with Crippen molar-refractivity contribution < 1.29 is 23.1 Å². The summed E-state index contributed by atoms with van der Waals surface area (Å²) >= 11 is 0. The van der Waals surface area contributed by atoms with E-state index in [-0.39, 0.29) is 25.1 Å². The molecule has 0 aliphatic heterocycles. The number of rotatable bonds is 5. The molecular formula is C13H16F3NO2. The zero-order valence-electron chi connectivity index (χ0n) is 10.6. The molecule has 0 aromatic heterocycles. The third kappa shape index (κ3) is 4.24. The predicted molar refractivity (Wildman–Crippen MR) is 64.5 cm³/mol. The van der Waals surface area contributed by atoms with E-state index >= 15 is 0 Å². The van der Waals surface area contributed by atoms with Crippen molar-refractivity contribution in [2.45, 2.75) is 19.5 Å². The molecule has 1 N–H and O–H groups in total. The molecule has 19 heavy (non-hydrogen) atoms. The average Bonchev–Trinajstić information content (AvgIpc) is 2.35. The lowest BCUT2D eigenvalue weighted by Gasteiger charge is -2.20. The number of hydrogen-bond donors (Lipinski definition) is 1. The van der Waals surface area contributed by atoms with Crippen LogP contribution < -0.4 is 0 Å². The fraction of sp³-hybridized carbons (Fsp3) is 0.462. The highest BCUT2D eigenvalue weighted by molar-refractivity contribution is 5.79. The van der Waals surface area contributed by atoms with Crippen molar-refractivity contribution in [3.63, 3.8) is 0 Å². The molecule has 1 aromatic rings. The zero-order valence-corrected chi connectivity index (χ0v) is 10.6. The molecule has 0 bridgehead atoms. The van der Waals surface area contributed by atoms with Gasteiger partial charge in [-0.2, -0.15) is 13.2 Å². The summed E-state index contributed by atoms with van der Waals surface area (Å²) in [6.07, 6.45) is -4.78. The van der Waals surface area contributed by atoms with Gasteiger partial charge < -0.3 is 10.0 Å². The molecule has 106 valence electrons. The van der Waals surface area contributed by atoms with Crippen LogP contribution in [0.25, 0.3) is 0 Å². The Hall–Kier alpha value is -1.56. The Morgan fingerprint density at radius 3 is 2.47 bits per heavy atom. The van der Waals surface area contributed by atoms with Gasteiger partial charge in [0.15, 0.2) is 0 Å². The lowest BCUT2D eigenvalue weighted by Crippen LogP contribution is -2.34. The van der Waals surface area contributed by atoms with E-state index in [4.69, 9.17) is 5.11 Å². The summed E-state index contributed by atoms with van der Waals surface area (Å²) < 4.78 is 38.3. The monoisotopic (exact) mass is 275 g/mol. The molecule has 0 fully saturated rings. The number of halogens is 3. The van der Waals surface area contributed by atoms with Crippen LogP contribution in [0.2, 0.25) is 0 Å². The van der Waals surface area contributed by atoms with Crippen LogP contribution in [0.15, 0.2) is 24.3 Å². The second-order valence-corrected chi connectivity index (χ2v) is 4.03. The van der Waals surface area contributed by atoms with Gasteiger partial charge in [0, 0.05) is 13.1 Å². The number of carbonyl (C=O) groups excluding carboxylic acids is 1. The molecule has 0 aliphatic rings. The summed E-state index contributed by atoms with van der Waals surface area (Å²) in [6.45, 7) is 1.99. The van der Waals surface area contributed by atoms with Gasteiger partial charge in [-0.15, -0.1) is 0 Å². The number of hydrogen-bond acceptors (Lipinski definition) is 2. The number of aliphatic hydroxyl groups is 1. The molecule has 0 unspecified atom stereocenters. The molecule has 1 rings (SSSR count). The number of likely N-dealkylation sites (N-methyl/N-ethyl adjacent to an activating group) is 1. The highest BCUT2D eigenvalue weighted by Crippen LogP contribution is 2.32. The van der Waals surface area contributed by atoms with Crippen molar-refractivity contribution >= 4 is 5.91 Å². The smallest absolute Gasteiger partial charge is 0.395 e. The first-order chi connectivity index (χ1) is 8.90. The van der Waals surface area contributed by atoms with Crippen molar-refractivity contribution in [1.82, 2.24) is 4.90 Å². The van der Waals surface area contributed by atoms with Gasteiger partial charge in [-0.05, 0) is 18.6 Å². The van der Waals surface area contributed by atoms with Gasteiger partial charge in [0.05, 0.1) is 18.6 Å². The van der Waals surface area contributed by atoms with Gasteiger partial charge in [0.2, 0.25) is 5.91 Å². The van der Waals surface area contributed by atoms with Crippen molar-refractivity contribution in [2.75, 3.05) is 19.7 Å². The molecule has 0 spiro atoms. The molecule has 3 nitrogen and oxygen atoms in total. The summed E-state index contributed by atoms with van der Waals surface area (Å²) in [5, 5.41) is 8.79. The van der Waals surface area contributed by atoms with E-state index < -0.39 is 17.6 Å². The largest absolute Gasteiger partial charge is 0.416 e. The van der Waals surface area contributed by atoms with Crippen LogP contribution >= 0.6 is 0 Å². The van der Waals surface area contributed by atoms with Gasteiger partial charge in [-0.1, -0.05) is 18.2 Å². The molecule has 1 aromatic carbocycles. The zero-order chi connectivity index (χ0) is 14.5. The highest BCUT2D eigenvalue weighted by Gasteiger charge is 2.33. The van der Waals surface area contributed by atoms with Gasteiger partial charge in [0.1, 0.15) is 0 Å². The lowest BCUT2D eigenvalue weighted by atomic mass is 10.0. The van der Waals surface area contributed by atoms with Crippen LogP contribution in [-0.2, 0) is 17.4 Å². The summed E-state index contributed by atoms with van der Waals surface area (Å²) in [5.74, 6) is -0.423. The Morgan fingerprint density at radius 2 is 1.95 bits per heavy atom. The van der Waals surface area contributed by atoms with Crippen LogP contribution in [0.5, 0.6) is 0 Å². The average molecular weight is 275 g/mol. The van der Waals surface area contributed by atoms with Crippen molar-refractivity contribution in [3.05, 3.63) is 35.4 Å². The third-order valence-electron chi connectivity index (χ3n) is 2.77. The minimum Gasteiger partial charge on any atom is -0.395 e. The van der Waals surface area contributed by atoms with Gasteiger partial charge in [0.25, 0.3) is 0 Å². The molecule has 0 saturated heterocycles. The van der Waals surface area contributed by atoms with Crippen LogP contribution in [-0.4, -0.2) is 35.6 Å². The normalized spacial score (nSPS) is 11.4. The van der Waals surface area contributed by atoms with Crippen LogP contribution in [0.4, 0.5) is 13.2 Å². The Labute approximate surface area is 109 Å². The van der Waals surface area contributed by atoms with E-state index in [9.17, 15) is 18.0 Å². The minimum atomic E-state index is -4.47. The molecule has 1 amide bonds. The van der Waals surface area contributed by atoms with Crippen LogP contribution in [0.1, 0.15) is 18.1 Å². The number of carbonyl (C=O) groups is 1. The van der Waals surface area contributed by atoms with E-state index in [2.05, 4.69) is 0 Å². The van der Waals surface area contributed by atoms with E-state index in [0.29, 0.717) is 6.54 Å². The minimum absolute atomic E-state index is 0.0450. The molecule has 0 heterocycles. The molecule has 6 heteroatoms. The summed E-state index contributed by atoms with van der Waals surface area (Å²) in [7, 11) is 0. The topological polar surface area (TPSA) is 40.5 Å². The first kappa shape index (κ1) is 15.5. The van der Waals surface area contributed by atoms with Crippen LogP contribution in [0, 0.1) is 0 Å². The van der Waals surface area contributed by atoms with E-state index in [1.54, 1.807) is 6.92 Å². The quantitative estimate of drug-likeness (QED) is 0.894. The molecule has 0 atom stereocenters. The second-order valence-electron chi connectivity index (χ2n) is 4.03. The second kappa shape index (κ2) is 6.56. The van der Waals surface area contributed by atoms with Crippen molar-refractivity contribution in [2.24, 2.45) is 0 Å². The van der Waals surface area contributed by atoms with E-state index in [1.165, 1.54) is 23.1 Å². The van der Waals surface area contributed by atoms with E-state index in [0.717, 1.165) is 6.07 Å². The predicted octanol–water partition coefficient (Wildman–Crippen LogP) is 2.09. The standard InChI is InChI=1S/C13H16F3NO2/c1-2-17(7-8-18)12(19)9-10-5-3-4-6-11(10)13(14,15)16/h3-6,18H,2,7-9H2,1H3.